The van der Waals surface area contributed by atoms with Crippen molar-refractivity contribution in [2.75, 3.05) is 13.2 Å². The maximum Gasteiger partial charge on any atom is 0.252 e. The van der Waals surface area contributed by atoms with Gasteiger partial charge >= 0.3 is 0 Å². The van der Waals surface area contributed by atoms with E-state index < -0.39 is 5.54 Å². The summed E-state index contributed by atoms with van der Waals surface area (Å²) in [5.41, 5.74) is 4.35. The normalized spacial score (nSPS) is 25.4. The van der Waals surface area contributed by atoms with E-state index in [9.17, 15) is 14.3 Å². The van der Waals surface area contributed by atoms with E-state index in [4.69, 9.17) is 4.99 Å². The van der Waals surface area contributed by atoms with Gasteiger partial charge < -0.3 is 10.0 Å². The molecule has 4 nitrogen and oxygen atoms in total. The van der Waals surface area contributed by atoms with Gasteiger partial charge in [0, 0.05) is 29.8 Å². The Morgan fingerprint density at radius 1 is 1.46 bits per heavy atom. The topological polar surface area (TPSA) is 52.9 Å². The maximum absolute atomic E-state index is 14.4. The number of aliphatic hydroxyl groups excluding tert-OH is 1. The first-order valence-corrected chi connectivity index (χ1v) is 9.29. The Morgan fingerprint density at radius 3 is 2.88 bits per heavy atom. The van der Waals surface area contributed by atoms with E-state index in [0.717, 1.165) is 41.8 Å². The summed E-state index contributed by atoms with van der Waals surface area (Å²) in [6.07, 6.45) is 2.96. The van der Waals surface area contributed by atoms with Gasteiger partial charge in [0.15, 0.2) is 0 Å². The summed E-state index contributed by atoms with van der Waals surface area (Å²) < 4.78 is 14.4. The van der Waals surface area contributed by atoms with E-state index in [1.54, 1.807) is 11.0 Å². The van der Waals surface area contributed by atoms with Crippen molar-refractivity contribution in [2.24, 2.45) is 10.9 Å². The lowest BCUT2D eigenvalue weighted by molar-refractivity contribution is -0.129. The van der Waals surface area contributed by atoms with Crippen LogP contribution < -0.4 is 0 Å². The van der Waals surface area contributed by atoms with Crippen molar-refractivity contribution in [3.05, 3.63) is 40.7 Å². The van der Waals surface area contributed by atoms with Gasteiger partial charge in [-0.05, 0) is 62.6 Å². The second kappa shape index (κ2) is 5.74. The van der Waals surface area contributed by atoms with Crippen LogP contribution in [0.5, 0.6) is 0 Å². The molecule has 2 unspecified atom stereocenters. The molecule has 138 valence electrons. The zero-order valence-corrected chi connectivity index (χ0v) is 15.6. The van der Waals surface area contributed by atoms with Crippen LogP contribution in [0.3, 0.4) is 0 Å². The highest BCUT2D eigenvalue weighted by atomic mass is 19.1. The number of fused-ring (bicyclic) bond motifs is 2. The second-order valence-corrected chi connectivity index (χ2v) is 8.23. The summed E-state index contributed by atoms with van der Waals surface area (Å²) in [5, 5.41) is 9.32. The second-order valence-electron chi connectivity index (χ2n) is 8.23. The minimum absolute atomic E-state index is 0.150. The number of rotatable bonds is 2. The van der Waals surface area contributed by atoms with E-state index in [1.807, 2.05) is 20.8 Å². The number of aliphatic hydroxyl groups is 1. The molecule has 1 saturated heterocycles. The third-order valence-corrected chi connectivity index (χ3v) is 6.49. The van der Waals surface area contributed by atoms with Crippen LogP contribution in [0.2, 0.25) is 0 Å². The van der Waals surface area contributed by atoms with Crippen molar-refractivity contribution in [1.29, 1.82) is 0 Å². The number of benzene rings is 1. The number of halogens is 1. The molecule has 1 amide bonds. The third-order valence-electron chi connectivity index (χ3n) is 6.49. The number of hydrogen-bond donors (Lipinski definition) is 1. The highest BCUT2D eigenvalue weighted by Gasteiger charge is 2.52. The van der Waals surface area contributed by atoms with Gasteiger partial charge in [0.25, 0.3) is 5.91 Å². The Labute approximate surface area is 153 Å². The average Bonchev–Trinajstić information content (AvgIpc) is 2.89. The summed E-state index contributed by atoms with van der Waals surface area (Å²) in [6.45, 7) is 9.74. The molecule has 1 aromatic carbocycles. The molecule has 0 spiro atoms. The van der Waals surface area contributed by atoms with Gasteiger partial charge in [0.2, 0.25) is 0 Å². The van der Waals surface area contributed by atoms with E-state index in [2.05, 4.69) is 6.58 Å². The first kappa shape index (κ1) is 17.4. The van der Waals surface area contributed by atoms with Gasteiger partial charge in [0.05, 0.1) is 17.8 Å². The van der Waals surface area contributed by atoms with Crippen molar-refractivity contribution in [2.45, 2.75) is 51.5 Å². The van der Waals surface area contributed by atoms with Crippen LogP contribution in [0, 0.1) is 18.7 Å². The highest BCUT2D eigenvalue weighted by Crippen LogP contribution is 2.52. The van der Waals surface area contributed by atoms with Gasteiger partial charge in [-0.2, -0.15) is 0 Å². The molecule has 1 aliphatic carbocycles. The summed E-state index contributed by atoms with van der Waals surface area (Å²) >= 11 is 0. The van der Waals surface area contributed by atoms with E-state index in [-0.39, 0.29) is 35.7 Å². The maximum atomic E-state index is 14.4. The predicted molar refractivity (Wildman–Crippen MR) is 99.4 cm³/mol. The molecule has 3 aliphatic rings. The fourth-order valence-corrected chi connectivity index (χ4v) is 5.05. The highest BCUT2D eigenvalue weighted by molar-refractivity contribution is 6.07. The number of aliphatic imine (C=N–C) groups is 1. The molecule has 0 radical (unpaired) electrons. The predicted octanol–water partition coefficient (Wildman–Crippen LogP) is 3.43. The summed E-state index contributed by atoms with van der Waals surface area (Å²) in [5.74, 6) is 0.00788. The smallest absolute Gasteiger partial charge is 0.252 e. The van der Waals surface area contributed by atoms with Gasteiger partial charge in [-0.25, -0.2) is 4.39 Å². The molecule has 0 bridgehead atoms. The molecule has 4 rings (SSSR count). The lowest BCUT2D eigenvalue weighted by Gasteiger charge is -2.37. The van der Waals surface area contributed by atoms with E-state index in [1.165, 1.54) is 5.56 Å². The van der Waals surface area contributed by atoms with E-state index >= 15 is 0 Å². The Hall–Kier alpha value is -2.01. The van der Waals surface area contributed by atoms with Crippen molar-refractivity contribution < 1.29 is 14.3 Å². The van der Waals surface area contributed by atoms with Crippen molar-refractivity contribution in [3.8, 4) is 0 Å². The molecule has 2 aliphatic heterocycles. The summed E-state index contributed by atoms with van der Waals surface area (Å²) in [4.78, 5) is 19.4. The third kappa shape index (κ3) is 2.22. The summed E-state index contributed by atoms with van der Waals surface area (Å²) in [6, 6.07) is 1.56. The largest absolute Gasteiger partial charge is 0.391 e. The number of hydrogen-bond acceptors (Lipinski definition) is 3. The molecule has 0 aromatic heterocycles. The van der Waals surface area contributed by atoms with Crippen molar-refractivity contribution >= 4 is 17.3 Å². The lowest BCUT2D eigenvalue weighted by atomic mass is 9.70. The average molecular weight is 356 g/mol. The Kier molecular flexibility index (Phi) is 3.85. The van der Waals surface area contributed by atoms with Gasteiger partial charge in [-0.1, -0.05) is 6.58 Å². The Morgan fingerprint density at radius 2 is 2.19 bits per heavy atom. The zero-order chi connectivity index (χ0) is 18.8. The van der Waals surface area contributed by atoms with Crippen LogP contribution in [0.1, 0.15) is 49.3 Å². The lowest BCUT2D eigenvalue weighted by Crippen LogP contribution is -2.47. The van der Waals surface area contributed by atoms with Crippen molar-refractivity contribution in [3.63, 3.8) is 0 Å². The van der Waals surface area contributed by atoms with E-state index in [0.29, 0.717) is 6.54 Å². The fraction of sp³-hybridized carbons (Fsp3) is 0.524. The van der Waals surface area contributed by atoms with Gasteiger partial charge in [0.1, 0.15) is 5.82 Å². The number of carbonyl (C=O) groups excluding carboxylic acids is 1. The Balaban J connectivity index is 1.85. The molecule has 26 heavy (non-hydrogen) atoms. The first-order chi connectivity index (χ1) is 12.3. The standard InChI is InChI=1S/C21H25FN2O2/c1-11(10-25)20(26)24-9-15-14-7-5-6-13-12(2)16(22)8-17(18(13)14)23-19(15)21(24,3)4/h8,14-15,25H,1,5-7,9-10H2,2-4H3. The molecular formula is C21H25FN2O2. The first-order valence-electron chi connectivity index (χ1n) is 9.29. The Bertz CT molecular complexity index is 856. The molecule has 1 fully saturated rings. The van der Waals surface area contributed by atoms with Crippen LogP contribution in [0.25, 0.3) is 0 Å². The molecule has 1 aromatic rings. The van der Waals surface area contributed by atoms with Crippen LogP contribution in [-0.4, -0.2) is 40.3 Å². The van der Waals surface area contributed by atoms with Crippen LogP contribution in [-0.2, 0) is 11.2 Å². The molecule has 1 N–H and O–H groups in total. The van der Waals surface area contributed by atoms with Gasteiger partial charge in [-0.15, -0.1) is 0 Å². The van der Waals surface area contributed by atoms with Gasteiger partial charge in [-0.3, -0.25) is 9.79 Å². The van der Waals surface area contributed by atoms with Crippen LogP contribution >= 0.6 is 0 Å². The number of amides is 1. The number of carbonyl (C=O) groups is 1. The number of likely N-dealkylation sites (tertiary alicyclic amines) is 1. The molecule has 0 saturated carbocycles. The SMILES string of the molecule is C=C(CO)C(=O)N1CC2C(=Nc3cc(F)c(C)c4c3C2CCC4)C1(C)C. The zero-order valence-electron chi connectivity index (χ0n) is 15.6. The molecule has 5 heteroatoms. The summed E-state index contributed by atoms with van der Waals surface area (Å²) in [7, 11) is 0. The molecule has 2 atom stereocenters. The number of nitrogens with zero attached hydrogens (tertiary/aromatic N) is 2. The fourth-order valence-electron chi connectivity index (χ4n) is 5.05. The minimum Gasteiger partial charge on any atom is -0.391 e. The minimum atomic E-state index is -0.573. The molecule has 2 heterocycles. The monoisotopic (exact) mass is 356 g/mol. The quantitative estimate of drug-likeness (QED) is 0.826. The molecular weight excluding hydrogens is 331 g/mol. The van der Waals surface area contributed by atoms with Crippen molar-refractivity contribution in [1.82, 2.24) is 4.90 Å². The van der Waals surface area contributed by atoms with Crippen LogP contribution in [0.4, 0.5) is 10.1 Å². The van der Waals surface area contributed by atoms with Crippen LogP contribution in [0.15, 0.2) is 23.2 Å².